The highest BCUT2D eigenvalue weighted by Gasteiger charge is 2.37. The van der Waals surface area contributed by atoms with Crippen LogP contribution in [0.3, 0.4) is 0 Å². The molecule has 0 atom stereocenters. The second-order valence-corrected chi connectivity index (χ2v) is 9.54. The molecule has 0 saturated carbocycles. The lowest BCUT2D eigenvalue weighted by molar-refractivity contribution is -0.122. The van der Waals surface area contributed by atoms with E-state index < -0.39 is 17.8 Å². The molecule has 39 heavy (non-hydrogen) atoms. The van der Waals surface area contributed by atoms with Gasteiger partial charge in [-0.15, -0.1) is 6.58 Å². The van der Waals surface area contributed by atoms with Crippen molar-refractivity contribution in [3.8, 4) is 11.5 Å². The average Bonchev–Trinajstić information content (AvgIpc) is 2.89. The molecule has 4 rings (SSSR count). The maximum absolute atomic E-state index is 13.4. The van der Waals surface area contributed by atoms with Crippen molar-refractivity contribution in [1.29, 1.82) is 0 Å². The van der Waals surface area contributed by atoms with E-state index in [-0.39, 0.29) is 17.9 Å². The van der Waals surface area contributed by atoms with Crippen molar-refractivity contribution in [3.05, 3.63) is 105 Å². The molecule has 4 amide bonds. The highest BCUT2D eigenvalue weighted by molar-refractivity contribution is 6.40. The molecule has 1 fully saturated rings. The summed E-state index contributed by atoms with van der Waals surface area (Å²) in [6.07, 6.45) is 3.58. The molecular formula is C30H26Cl2N2O5. The zero-order valence-corrected chi connectivity index (χ0v) is 22.9. The van der Waals surface area contributed by atoms with E-state index >= 15 is 0 Å². The molecule has 1 aliphatic heterocycles. The summed E-state index contributed by atoms with van der Waals surface area (Å²) in [6, 6.07) is 14.8. The number of anilines is 1. The fourth-order valence-corrected chi connectivity index (χ4v) is 4.55. The maximum atomic E-state index is 13.4. The fourth-order valence-electron chi connectivity index (χ4n) is 4.16. The van der Waals surface area contributed by atoms with Gasteiger partial charge in [0.2, 0.25) is 0 Å². The van der Waals surface area contributed by atoms with Gasteiger partial charge in [-0.3, -0.25) is 14.9 Å². The van der Waals surface area contributed by atoms with Gasteiger partial charge in [0.1, 0.15) is 12.2 Å². The van der Waals surface area contributed by atoms with Gasteiger partial charge in [-0.1, -0.05) is 47.5 Å². The van der Waals surface area contributed by atoms with E-state index in [1.807, 2.05) is 25.1 Å². The molecule has 0 aromatic heterocycles. The smallest absolute Gasteiger partial charge is 0.335 e. The number of ether oxygens (including phenoxy) is 2. The molecular weight excluding hydrogens is 539 g/mol. The predicted molar refractivity (Wildman–Crippen MR) is 152 cm³/mol. The molecule has 9 heteroatoms. The van der Waals surface area contributed by atoms with Gasteiger partial charge in [0.05, 0.1) is 12.3 Å². The number of barbiturate groups is 1. The van der Waals surface area contributed by atoms with Crippen LogP contribution in [0.25, 0.3) is 6.08 Å². The largest absolute Gasteiger partial charge is 0.490 e. The van der Waals surface area contributed by atoms with Crippen LogP contribution in [0.5, 0.6) is 11.5 Å². The Morgan fingerprint density at radius 3 is 2.51 bits per heavy atom. The quantitative estimate of drug-likeness (QED) is 0.178. The lowest BCUT2D eigenvalue weighted by Crippen LogP contribution is -2.54. The van der Waals surface area contributed by atoms with Crippen molar-refractivity contribution in [2.75, 3.05) is 11.5 Å². The van der Waals surface area contributed by atoms with Gasteiger partial charge >= 0.3 is 6.03 Å². The summed E-state index contributed by atoms with van der Waals surface area (Å²) < 4.78 is 12.0. The van der Waals surface area contributed by atoms with Crippen molar-refractivity contribution in [2.24, 2.45) is 0 Å². The Balaban J connectivity index is 1.74. The van der Waals surface area contributed by atoms with E-state index in [9.17, 15) is 14.4 Å². The number of allylic oxidation sites excluding steroid dienone is 1. The topological polar surface area (TPSA) is 84.9 Å². The van der Waals surface area contributed by atoms with Crippen LogP contribution in [0, 0.1) is 6.92 Å². The van der Waals surface area contributed by atoms with Gasteiger partial charge < -0.3 is 9.47 Å². The van der Waals surface area contributed by atoms with E-state index in [4.69, 9.17) is 32.7 Å². The van der Waals surface area contributed by atoms with E-state index in [1.54, 1.807) is 49.4 Å². The molecule has 0 radical (unpaired) electrons. The summed E-state index contributed by atoms with van der Waals surface area (Å²) in [7, 11) is 0. The number of nitrogens with one attached hydrogen (secondary N) is 1. The molecule has 0 spiro atoms. The first-order valence-corrected chi connectivity index (χ1v) is 12.9. The molecule has 1 N–H and O–H groups in total. The highest BCUT2D eigenvalue weighted by atomic mass is 35.5. The number of urea groups is 1. The zero-order valence-electron chi connectivity index (χ0n) is 21.4. The van der Waals surface area contributed by atoms with Gasteiger partial charge in [-0.05, 0) is 79.4 Å². The van der Waals surface area contributed by atoms with E-state index in [2.05, 4.69) is 11.9 Å². The van der Waals surface area contributed by atoms with Crippen LogP contribution in [-0.4, -0.2) is 24.5 Å². The van der Waals surface area contributed by atoms with Crippen LogP contribution in [0.15, 0.2) is 72.8 Å². The SMILES string of the molecule is C=CCc1cc(/C=C2\C(=O)NC(=O)N(c3cccc(Cl)c3C)C2=O)cc(OCC)c1OCc1cccc(Cl)c1. The molecule has 3 aromatic rings. The Hall–Kier alpha value is -4.07. The Kier molecular flexibility index (Phi) is 8.74. The summed E-state index contributed by atoms with van der Waals surface area (Å²) in [5, 5.41) is 3.23. The van der Waals surface area contributed by atoms with Gasteiger partial charge in [0.15, 0.2) is 11.5 Å². The van der Waals surface area contributed by atoms with Crippen LogP contribution in [0.4, 0.5) is 10.5 Å². The predicted octanol–water partition coefficient (Wildman–Crippen LogP) is 6.67. The molecule has 1 heterocycles. The number of amides is 4. The number of hydrogen-bond donors (Lipinski definition) is 1. The van der Waals surface area contributed by atoms with E-state index in [0.29, 0.717) is 45.7 Å². The van der Waals surface area contributed by atoms with Crippen LogP contribution in [-0.2, 0) is 22.6 Å². The van der Waals surface area contributed by atoms with E-state index in [1.165, 1.54) is 6.08 Å². The monoisotopic (exact) mass is 564 g/mol. The molecule has 7 nitrogen and oxygen atoms in total. The number of benzene rings is 3. The Bertz CT molecular complexity index is 1500. The van der Waals surface area contributed by atoms with Gasteiger partial charge in [-0.2, -0.15) is 0 Å². The zero-order chi connectivity index (χ0) is 28.1. The standard InChI is InChI=1S/C30H26Cl2N2O5/c1-4-8-21-13-20(16-26(38-5-2)27(21)39-17-19-9-6-10-22(31)14-19)15-23-28(35)33-30(37)34(29(23)36)25-12-7-11-24(32)18(25)3/h4,6-7,9-16H,1,5,8,17H2,2-3H3,(H,33,35,37)/b23-15+. The third kappa shape index (κ3) is 6.16. The van der Waals surface area contributed by atoms with Crippen LogP contribution in [0.1, 0.15) is 29.2 Å². The van der Waals surface area contributed by atoms with Crippen LogP contribution in [0.2, 0.25) is 10.0 Å². The second-order valence-electron chi connectivity index (χ2n) is 8.69. The summed E-state index contributed by atoms with van der Waals surface area (Å²) in [5.74, 6) is -0.609. The first kappa shape index (κ1) is 28.0. The Morgan fingerprint density at radius 2 is 1.79 bits per heavy atom. The van der Waals surface area contributed by atoms with Crippen LogP contribution < -0.4 is 19.7 Å². The first-order chi connectivity index (χ1) is 18.7. The van der Waals surface area contributed by atoms with Crippen molar-refractivity contribution in [3.63, 3.8) is 0 Å². The second kappa shape index (κ2) is 12.2. The normalized spacial score (nSPS) is 14.4. The number of rotatable bonds is 9. The number of hydrogen-bond acceptors (Lipinski definition) is 5. The molecule has 0 aliphatic carbocycles. The minimum absolute atomic E-state index is 0.214. The molecule has 1 saturated heterocycles. The summed E-state index contributed by atoms with van der Waals surface area (Å²) >= 11 is 12.3. The summed E-state index contributed by atoms with van der Waals surface area (Å²) in [6.45, 7) is 7.98. The van der Waals surface area contributed by atoms with E-state index in [0.717, 1.165) is 16.0 Å². The lowest BCUT2D eigenvalue weighted by Gasteiger charge is -2.27. The third-order valence-electron chi connectivity index (χ3n) is 5.98. The number of carbonyl (C=O) groups excluding carboxylic acids is 3. The highest BCUT2D eigenvalue weighted by Crippen LogP contribution is 2.36. The maximum Gasteiger partial charge on any atom is 0.335 e. The van der Waals surface area contributed by atoms with Crippen LogP contribution >= 0.6 is 23.2 Å². The summed E-state index contributed by atoms with van der Waals surface area (Å²) in [4.78, 5) is 39.8. The Morgan fingerprint density at radius 1 is 1.03 bits per heavy atom. The van der Waals surface area contributed by atoms with Crippen molar-refractivity contribution in [1.82, 2.24) is 5.32 Å². The van der Waals surface area contributed by atoms with Gasteiger partial charge in [0, 0.05) is 15.6 Å². The fraction of sp³-hybridized carbons (Fsp3) is 0.167. The third-order valence-corrected chi connectivity index (χ3v) is 6.63. The molecule has 200 valence electrons. The lowest BCUT2D eigenvalue weighted by atomic mass is 10.0. The number of nitrogens with zero attached hydrogens (tertiary/aromatic N) is 1. The number of carbonyl (C=O) groups is 3. The van der Waals surface area contributed by atoms with Gasteiger partial charge in [0.25, 0.3) is 11.8 Å². The van der Waals surface area contributed by atoms with Crippen molar-refractivity contribution in [2.45, 2.75) is 26.9 Å². The number of imide groups is 2. The molecule has 0 unspecified atom stereocenters. The Labute approximate surface area is 236 Å². The molecule has 1 aliphatic rings. The number of halogens is 2. The minimum Gasteiger partial charge on any atom is -0.490 e. The molecule has 0 bridgehead atoms. The van der Waals surface area contributed by atoms with Crippen molar-refractivity contribution >= 4 is 52.8 Å². The first-order valence-electron chi connectivity index (χ1n) is 12.2. The van der Waals surface area contributed by atoms with Crippen molar-refractivity contribution < 1.29 is 23.9 Å². The minimum atomic E-state index is -0.848. The summed E-state index contributed by atoms with van der Waals surface area (Å²) in [5.41, 5.74) is 2.74. The van der Waals surface area contributed by atoms with Gasteiger partial charge in [-0.25, -0.2) is 9.69 Å². The average molecular weight is 565 g/mol. The molecule has 3 aromatic carbocycles.